The van der Waals surface area contributed by atoms with Gasteiger partial charge in [0.05, 0.1) is 15.5 Å². The maximum Gasteiger partial charge on any atom is 0.243 e. The number of rotatable bonds is 3. The van der Waals surface area contributed by atoms with Crippen LogP contribution in [0.5, 0.6) is 0 Å². The van der Waals surface area contributed by atoms with Crippen molar-refractivity contribution in [2.24, 2.45) is 0 Å². The second kappa shape index (κ2) is 6.32. The fraction of sp³-hybridized carbons (Fsp3) is 0.500. The van der Waals surface area contributed by atoms with Crippen LogP contribution in [0.25, 0.3) is 0 Å². The third-order valence-corrected chi connectivity index (χ3v) is 6.07. The maximum absolute atomic E-state index is 12.7. The molecule has 0 spiro atoms. The molecule has 0 aromatic heterocycles. The van der Waals surface area contributed by atoms with Crippen LogP contribution in [0.3, 0.4) is 0 Å². The van der Waals surface area contributed by atoms with E-state index >= 15 is 0 Å². The van der Waals surface area contributed by atoms with Gasteiger partial charge in [-0.15, -0.1) is 0 Å². The lowest BCUT2D eigenvalue weighted by Gasteiger charge is -2.35. The SMILES string of the molecule is CN1CCCC(N(C)S(=O)(=O)c2ccc(C#N)c(Cl)c2)C1. The fourth-order valence-electron chi connectivity index (χ4n) is 2.55. The van der Waals surface area contributed by atoms with E-state index in [0.717, 1.165) is 25.9 Å². The largest absolute Gasteiger partial charge is 0.305 e. The van der Waals surface area contributed by atoms with Crippen molar-refractivity contribution >= 4 is 21.6 Å². The van der Waals surface area contributed by atoms with Gasteiger partial charge in [-0.3, -0.25) is 0 Å². The quantitative estimate of drug-likeness (QED) is 0.851. The molecular formula is C14H18ClN3O2S. The molecule has 0 aliphatic carbocycles. The Morgan fingerprint density at radius 1 is 1.48 bits per heavy atom. The summed E-state index contributed by atoms with van der Waals surface area (Å²) in [5.41, 5.74) is 0.274. The first-order valence-electron chi connectivity index (χ1n) is 6.72. The van der Waals surface area contributed by atoms with Crippen molar-refractivity contribution in [2.45, 2.75) is 23.8 Å². The first kappa shape index (κ1) is 16.2. The molecule has 0 amide bonds. The minimum Gasteiger partial charge on any atom is -0.305 e. The van der Waals surface area contributed by atoms with E-state index in [1.165, 1.54) is 22.5 Å². The Labute approximate surface area is 130 Å². The van der Waals surface area contributed by atoms with Gasteiger partial charge in [0.25, 0.3) is 0 Å². The Morgan fingerprint density at radius 2 is 2.19 bits per heavy atom. The van der Waals surface area contributed by atoms with Gasteiger partial charge in [-0.1, -0.05) is 11.6 Å². The minimum atomic E-state index is -3.60. The zero-order valence-corrected chi connectivity index (χ0v) is 13.7. The van der Waals surface area contributed by atoms with Crippen LogP contribution in [-0.4, -0.2) is 50.8 Å². The van der Waals surface area contributed by atoms with E-state index in [1.807, 2.05) is 13.1 Å². The number of sulfonamides is 1. The Kier molecular flexibility index (Phi) is 4.89. The Hall–Kier alpha value is -1.13. The topological polar surface area (TPSA) is 64.4 Å². The number of likely N-dealkylation sites (N-methyl/N-ethyl adjacent to an activating group) is 2. The zero-order valence-electron chi connectivity index (χ0n) is 12.1. The predicted octanol–water partition coefficient (Wildman–Crippen LogP) is 1.93. The molecule has 1 unspecified atom stereocenters. The molecule has 1 aliphatic heterocycles. The summed E-state index contributed by atoms with van der Waals surface area (Å²) >= 11 is 5.94. The summed E-state index contributed by atoms with van der Waals surface area (Å²) in [7, 11) is -0.00299. The van der Waals surface area contributed by atoms with E-state index < -0.39 is 10.0 Å². The number of piperidine rings is 1. The number of hydrogen-bond donors (Lipinski definition) is 0. The summed E-state index contributed by atoms with van der Waals surface area (Å²) in [4.78, 5) is 2.26. The van der Waals surface area contributed by atoms with Gasteiger partial charge in [0, 0.05) is 19.6 Å². The highest BCUT2D eigenvalue weighted by Gasteiger charge is 2.30. The molecule has 0 N–H and O–H groups in total. The molecule has 1 heterocycles. The molecule has 1 aliphatic rings. The van der Waals surface area contributed by atoms with Crippen LogP contribution in [0.15, 0.2) is 23.1 Å². The Morgan fingerprint density at radius 3 is 2.76 bits per heavy atom. The number of benzene rings is 1. The van der Waals surface area contributed by atoms with Gasteiger partial charge in [0.2, 0.25) is 10.0 Å². The zero-order chi connectivity index (χ0) is 15.6. The lowest BCUT2D eigenvalue weighted by Crippen LogP contribution is -2.47. The van der Waals surface area contributed by atoms with Crippen molar-refractivity contribution in [3.05, 3.63) is 28.8 Å². The second-order valence-corrected chi connectivity index (χ2v) is 7.74. The molecule has 1 aromatic carbocycles. The van der Waals surface area contributed by atoms with E-state index in [1.54, 1.807) is 7.05 Å². The minimum absolute atomic E-state index is 0.0387. The van der Waals surface area contributed by atoms with Crippen molar-refractivity contribution < 1.29 is 8.42 Å². The number of nitrogens with zero attached hydrogens (tertiary/aromatic N) is 3. The van der Waals surface area contributed by atoms with Crippen LogP contribution in [0.1, 0.15) is 18.4 Å². The van der Waals surface area contributed by atoms with Crippen LogP contribution in [0.4, 0.5) is 0 Å². The van der Waals surface area contributed by atoms with Crippen molar-refractivity contribution in [1.82, 2.24) is 9.21 Å². The van der Waals surface area contributed by atoms with Gasteiger partial charge < -0.3 is 4.90 Å². The van der Waals surface area contributed by atoms with Crippen LogP contribution >= 0.6 is 11.6 Å². The molecule has 1 aromatic rings. The number of hydrogen-bond acceptors (Lipinski definition) is 4. The number of halogens is 1. The summed E-state index contributed by atoms with van der Waals surface area (Å²) in [5, 5.41) is 9.01. The van der Waals surface area contributed by atoms with Crippen LogP contribution < -0.4 is 0 Å². The summed E-state index contributed by atoms with van der Waals surface area (Å²) in [5.74, 6) is 0. The van der Waals surface area contributed by atoms with Crippen molar-refractivity contribution in [3.63, 3.8) is 0 Å². The van der Waals surface area contributed by atoms with Gasteiger partial charge in [0.15, 0.2) is 0 Å². The first-order chi connectivity index (χ1) is 9.86. The van der Waals surface area contributed by atoms with Gasteiger partial charge in [-0.25, -0.2) is 8.42 Å². The fourth-order valence-corrected chi connectivity index (χ4v) is 4.24. The van der Waals surface area contributed by atoms with Crippen molar-refractivity contribution in [2.75, 3.05) is 27.2 Å². The standard InChI is InChI=1S/C14H18ClN3O2S/c1-17-7-3-4-12(10-17)18(2)21(19,20)13-6-5-11(9-16)14(15)8-13/h5-6,8,12H,3-4,7,10H2,1-2H3. The smallest absolute Gasteiger partial charge is 0.243 e. The van der Waals surface area contributed by atoms with Gasteiger partial charge in [-0.05, 0) is 44.6 Å². The monoisotopic (exact) mass is 327 g/mol. The molecule has 0 bridgehead atoms. The molecule has 2 rings (SSSR count). The molecule has 7 heteroatoms. The molecule has 0 radical (unpaired) electrons. The second-order valence-electron chi connectivity index (χ2n) is 5.33. The van der Waals surface area contributed by atoms with Crippen molar-refractivity contribution in [1.29, 1.82) is 5.26 Å². The summed E-state index contributed by atoms with van der Waals surface area (Å²) in [6, 6.07) is 6.11. The number of likely N-dealkylation sites (tertiary alicyclic amines) is 1. The van der Waals surface area contributed by atoms with Gasteiger partial charge >= 0.3 is 0 Å². The van der Waals surface area contributed by atoms with Crippen molar-refractivity contribution in [3.8, 4) is 6.07 Å². The Bertz CT molecular complexity index is 669. The third kappa shape index (κ3) is 3.38. The molecular weight excluding hydrogens is 310 g/mol. The highest BCUT2D eigenvalue weighted by atomic mass is 35.5. The number of nitriles is 1. The molecule has 0 saturated carbocycles. The van der Waals surface area contributed by atoms with Crippen LogP contribution in [-0.2, 0) is 10.0 Å². The van der Waals surface area contributed by atoms with E-state index in [0.29, 0.717) is 0 Å². The van der Waals surface area contributed by atoms with Crippen LogP contribution in [0, 0.1) is 11.3 Å². The predicted molar refractivity (Wildman–Crippen MR) is 81.6 cm³/mol. The first-order valence-corrected chi connectivity index (χ1v) is 8.54. The normalized spacial score (nSPS) is 20.4. The van der Waals surface area contributed by atoms with E-state index in [2.05, 4.69) is 4.90 Å². The van der Waals surface area contributed by atoms with Crippen LogP contribution in [0.2, 0.25) is 5.02 Å². The summed E-state index contributed by atoms with van der Waals surface area (Å²) in [6.07, 6.45) is 1.83. The summed E-state index contributed by atoms with van der Waals surface area (Å²) < 4.78 is 26.7. The van der Waals surface area contributed by atoms with Gasteiger partial charge in [0.1, 0.15) is 6.07 Å². The molecule has 1 saturated heterocycles. The lowest BCUT2D eigenvalue weighted by molar-refractivity contribution is 0.187. The maximum atomic E-state index is 12.7. The average Bonchev–Trinajstić information content (AvgIpc) is 2.46. The molecule has 114 valence electrons. The van der Waals surface area contributed by atoms with E-state index in [-0.39, 0.29) is 21.5 Å². The highest BCUT2D eigenvalue weighted by Crippen LogP contribution is 2.25. The van der Waals surface area contributed by atoms with E-state index in [4.69, 9.17) is 16.9 Å². The van der Waals surface area contributed by atoms with E-state index in [9.17, 15) is 8.42 Å². The molecule has 21 heavy (non-hydrogen) atoms. The third-order valence-electron chi connectivity index (χ3n) is 3.85. The average molecular weight is 328 g/mol. The molecule has 1 atom stereocenters. The summed E-state index contributed by atoms with van der Waals surface area (Å²) in [6.45, 7) is 1.72. The Balaban J connectivity index is 2.29. The molecule has 5 nitrogen and oxygen atoms in total. The highest BCUT2D eigenvalue weighted by molar-refractivity contribution is 7.89. The lowest BCUT2D eigenvalue weighted by atomic mass is 10.1. The molecule has 1 fully saturated rings. The van der Waals surface area contributed by atoms with Gasteiger partial charge in [-0.2, -0.15) is 9.57 Å².